The summed E-state index contributed by atoms with van der Waals surface area (Å²) in [5, 5.41) is 6.47. The van der Waals surface area contributed by atoms with Gasteiger partial charge < -0.3 is 5.32 Å². The van der Waals surface area contributed by atoms with Crippen LogP contribution >= 0.6 is 0 Å². The van der Waals surface area contributed by atoms with Crippen molar-refractivity contribution < 1.29 is 18.0 Å². The van der Waals surface area contributed by atoms with E-state index < -0.39 is 24.5 Å². The highest BCUT2D eigenvalue weighted by atomic mass is 19.4. The Labute approximate surface area is 138 Å². The van der Waals surface area contributed by atoms with E-state index in [4.69, 9.17) is 0 Å². The van der Waals surface area contributed by atoms with Crippen LogP contribution in [0.25, 0.3) is 5.69 Å². The van der Waals surface area contributed by atoms with Gasteiger partial charge in [0.2, 0.25) is 5.91 Å². The minimum absolute atomic E-state index is 0.0794. The number of benzene rings is 1. The van der Waals surface area contributed by atoms with E-state index in [1.807, 2.05) is 6.07 Å². The molecule has 0 aliphatic carbocycles. The van der Waals surface area contributed by atoms with Gasteiger partial charge in [-0.1, -0.05) is 24.8 Å². The zero-order valence-corrected chi connectivity index (χ0v) is 13.4. The topological polar surface area (TPSA) is 46.9 Å². The molecular weight excluding hydrogens is 319 g/mol. The van der Waals surface area contributed by atoms with Gasteiger partial charge in [0.15, 0.2) is 0 Å². The van der Waals surface area contributed by atoms with Crippen LogP contribution in [0.4, 0.5) is 13.2 Å². The van der Waals surface area contributed by atoms with Crippen molar-refractivity contribution in [2.75, 3.05) is 6.54 Å². The second kappa shape index (κ2) is 6.90. The zero-order chi connectivity index (χ0) is 17.9. The molecule has 1 unspecified atom stereocenters. The molecule has 128 valence electrons. The maximum absolute atomic E-state index is 13.5. The molecule has 0 saturated carbocycles. The number of halogens is 3. The van der Waals surface area contributed by atoms with E-state index in [1.165, 1.54) is 11.6 Å². The number of carbonyl (C=O) groups excluding carboxylic acids is 1. The molecule has 0 radical (unpaired) electrons. The van der Waals surface area contributed by atoms with Crippen molar-refractivity contribution in [3.8, 4) is 5.69 Å². The fourth-order valence-corrected chi connectivity index (χ4v) is 2.64. The third-order valence-electron chi connectivity index (χ3n) is 3.76. The van der Waals surface area contributed by atoms with Crippen LogP contribution in [-0.4, -0.2) is 28.4 Å². The van der Waals surface area contributed by atoms with Crippen LogP contribution in [0.2, 0.25) is 0 Å². The van der Waals surface area contributed by atoms with Crippen molar-refractivity contribution >= 4 is 5.91 Å². The number of aryl methyl sites for hydroxylation is 1. The first kappa shape index (κ1) is 17.8. The number of amides is 1. The molecule has 1 aromatic heterocycles. The smallest absolute Gasteiger partial charge is 0.352 e. The Morgan fingerprint density at radius 2 is 1.96 bits per heavy atom. The monoisotopic (exact) mass is 337 g/mol. The lowest BCUT2D eigenvalue weighted by Gasteiger charge is -2.21. The molecule has 0 fully saturated rings. The molecule has 0 aliphatic rings. The molecule has 1 aromatic carbocycles. The van der Waals surface area contributed by atoms with E-state index >= 15 is 0 Å². The first-order chi connectivity index (χ1) is 11.3. The summed E-state index contributed by atoms with van der Waals surface area (Å²) in [6.45, 7) is 5.81. The average Bonchev–Trinajstić information content (AvgIpc) is 2.82. The van der Waals surface area contributed by atoms with Gasteiger partial charge in [-0.3, -0.25) is 4.79 Å². The largest absolute Gasteiger partial charge is 0.397 e. The summed E-state index contributed by atoms with van der Waals surface area (Å²) >= 11 is 0. The molecule has 1 heterocycles. The minimum Gasteiger partial charge on any atom is -0.352 e. The van der Waals surface area contributed by atoms with Gasteiger partial charge in [0.05, 0.1) is 11.4 Å². The van der Waals surface area contributed by atoms with Crippen molar-refractivity contribution in [1.82, 2.24) is 15.1 Å². The second-order valence-corrected chi connectivity index (χ2v) is 5.38. The number of hydrogen-bond acceptors (Lipinski definition) is 2. The number of hydrogen-bond donors (Lipinski definition) is 1. The predicted molar refractivity (Wildman–Crippen MR) is 85.0 cm³/mol. The van der Waals surface area contributed by atoms with Crippen molar-refractivity contribution in [3.63, 3.8) is 0 Å². The van der Waals surface area contributed by atoms with E-state index in [2.05, 4.69) is 17.0 Å². The van der Waals surface area contributed by atoms with Crippen LogP contribution in [0.5, 0.6) is 0 Å². The Kier molecular flexibility index (Phi) is 5.11. The lowest BCUT2D eigenvalue weighted by atomic mass is 9.96. The summed E-state index contributed by atoms with van der Waals surface area (Å²) in [5.41, 5.74) is 1.44. The summed E-state index contributed by atoms with van der Waals surface area (Å²) in [5.74, 6) is -2.48. The quantitative estimate of drug-likeness (QED) is 0.850. The Balaban J connectivity index is 2.45. The highest BCUT2D eigenvalue weighted by Gasteiger charge is 2.43. The van der Waals surface area contributed by atoms with Crippen LogP contribution in [0.3, 0.4) is 0 Å². The van der Waals surface area contributed by atoms with Gasteiger partial charge in [-0.15, -0.1) is 0 Å². The van der Waals surface area contributed by atoms with E-state index in [1.54, 1.807) is 31.2 Å². The van der Waals surface area contributed by atoms with E-state index in [0.717, 1.165) is 6.08 Å². The molecule has 24 heavy (non-hydrogen) atoms. The first-order valence-electron chi connectivity index (χ1n) is 7.34. The maximum Gasteiger partial charge on any atom is 0.397 e. The summed E-state index contributed by atoms with van der Waals surface area (Å²) < 4.78 is 42.0. The van der Waals surface area contributed by atoms with Gasteiger partial charge in [-0.05, 0) is 32.1 Å². The summed E-state index contributed by atoms with van der Waals surface area (Å²) in [4.78, 5) is 11.3. The molecule has 4 nitrogen and oxygen atoms in total. The molecule has 0 bridgehead atoms. The van der Waals surface area contributed by atoms with Crippen LogP contribution in [0, 0.1) is 13.8 Å². The van der Waals surface area contributed by atoms with E-state index in [-0.39, 0.29) is 11.3 Å². The standard InChI is InChI=1S/C17H18F3N3O/c1-4-15(24)21-10-14(17(18,19)20)16-11(2)22-23(12(16)3)13-8-6-5-7-9-13/h4-9,14H,1,10H2,2-3H3,(H,21,24). The molecular formula is C17H18F3N3O. The van der Waals surface area contributed by atoms with Gasteiger partial charge in [0.25, 0.3) is 0 Å². The van der Waals surface area contributed by atoms with Crippen LogP contribution in [0.1, 0.15) is 22.9 Å². The number of rotatable bonds is 5. The normalized spacial score (nSPS) is 12.7. The summed E-state index contributed by atoms with van der Waals surface area (Å²) in [6, 6.07) is 8.93. The van der Waals surface area contributed by atoms with Crippen LogP contribution < -0.4 is 5.32 Å². The highest BCUT2D eigenvalue weighted by molar-refractivity contribution is 5.86. The number of alkyl halides is 3. The highest BCUT2D eigenvalue weighted by Crippen LogP contribution is 2.38. The molecule has 7 heteroatoms. The summed E-state index contributed by atoms with van der Waals surface area (Å²) in [7, 11) is 0. The second-order valence-electron chi connectivity index (χ2n) is 5.38. The third kappa shape index (κ3) is 3.67. The number of carbonyl (C=O) groups is 1. The Hall–Kier alpha value is -2.57. The van der Waals surface area contributed by atoms with Gasteiger partial charge >= 0.3 is 6.18 Å². The molecule has 0 spiro atoms. The molecule has 2 rings (SSSR count). The van der Waals surface area contributed by atoms with Crippen molar-refractivity contribution in [2.24, 2.45) is 0 Å². The van der Waals surface area contributed by atoms with Gasteiger partial charge in [-0.2, -0.15) is 18.3 Å². The molecule has 0 saturated heterocycles. The van der Waals surface area contributed by atoms with E-state index in [9.17, 15) is 18.0 Å². The third-order valence-corrected chi connectivity index (χ3v) is 3.76. The number of nitrogens with zero attached hydrogens (tertiary/aromatic N) is 2. The maximum atomic E-state index is 13.5. The van der Waals surface area contributed by atoms with E-state index in [0.29, 0.717) is 11.4 Å². The van der Waals surface area contributed by atoms with Gasteiger partial charge in [0.1, 0.15) is 5.92 Å². The SMILES string of the molecule is C=CC(=O)NCC(c1c(C)nn(-c2ccccc2)c1C)C(F)(F)F. The Morgan fingerprint density at radius 3 is 2.50 bits per heavy atom. The van der Waals surface area contributed by atoms with Crippen molar-refractivity contribution in [1.29, 1.82) is 0 Å². The number of aromatic nitrogens is 2. The summed E-state index contributed by atoms with van der Waals surface area (Å²) in [6.07, 6.45) is -3.56. The van der Waals surface area contributed by atoms with Gasteiger partial charge in [-0.25, -0.2) is 4.68 Å². The molecule has 2 aromatic rings. The molecule has 0 aliphatic heterocycles. The minimum atomic E-state index is -4.51. The predicted octanol–water partition coefficient (Wildman–Crippen LogP) is 3.44. The zero-order valence-electron chi connectivity index (χ0n) is 13.4. The molecule has 1 amide bonds. The van der Waals surface area contributed by atoms with Crippen molar-refractivity contribution in [3.05, 3.63) is 59.9 Å². The van der Waals surface area contributed by atoms with Crippen LogP contribution in [0.15, 0.2) is 43.0 Å². The number of para-hydroxylation sites is 1. The van der Waals surface area contributed by atoms with Gasteiger partial charge in [0, 0.05) is 17.8 Å². The Morgan fingerprint density at radius 1 is 1.33 bits per heavy atom. The number of nitrogens with one attached hydrogen (secondary N) is 1. The molecule has 1 N–H and O–H groups in total. The Bertz CT molecular complexity index is 736. The van der Waals surface area contributed by atoms with Crippen LogP contribution in [-0.2, 0) is 4.79 Å². The average molecular weight is 337 g/mol. The fraction of sp³-hybridized carbons (Fsp3) is 0.294. The first-order valence-corrected chi connectivity index (χ1v) is 7.34. The van der Waals surface area contributed by atoms with Crippen molar-refractivity contribution in [2.45, 2.75) is 25.9 Å². The lowest BCUT2D eigenvalue weighted by molar-refractivity contribution is -0.150. The fourth-order valence-electron chi connectivity index (χ4n) is 2.64. The lowest BCUT2D eigenvalue weighted by Crippen LogP contribution is -2.34. The molecule has 1 atom stereocenters.